The van der Waals surface area contributed by atoms with Crippen molar-refractivity contribution < 1.29 is 28.2 Å². The maximum absolute atomic E-state index is 12.9. The molecule has 1 amide bonds. The Morgan fingerprint density at radius 2 is 1.82 bits per heavy atom. The number of carboxylic acid groups (broad SMARTS) is 1. The quantitative estimate of drug-likeness (QED) is 0.719. The number of fused-ring (bicyclic) bond motifs is 1. The number of aliphatic carboxylic acids is 1. The lowest BCUT2D eigenvalue weighted by molar-refractivity contribution is -0.161. The highest BCUT2D eigenvalue weighted by atomic mass is 32.2. The van der Waals surface area contributed by atoms with Crippen LogP contribution in [0.2, 0.25) is 0 Å². The Labute approximate surface area is 164 Å². The summed E-state index contributed by atoms with van der Waals surface area (Å²) in [4.78, 5) is 25.2. The van der Waals surface area contributed by atoms with E-state index in [1.165, 1.54) is 19.1 Å². The van der Waals surface area contributed by atoms with Crippen LogP contribution in [0.25, 0.3) is 0 Å². The van der Waals surface area contributed by atoms with E-state index in [1.54, 1.807) is 12.1 Å². The highest BCUT2D eigenvalue weighted by Gasteiger charge is 2.56. The minimum Gasteiger partial charge on any atom is -0.477 e. The highest BCUT2D eigenvalue weighted by Crippen LogP contribution is 2.44. The lowest BCUT2D eigenvalue weighted by Crippen LogP contribution is -2.61. The van der Waals surface area contributed by atoms with Crippen LogP contribution in [0.3, 0.4) is 0 Å². The number of nitrogens with zero attached hydrogens (tertiary/aromatic N) is 1. The molecule has 2 N–H and O–H groups in total. The Hall–Kier alpha value is -2.19. The van der Waals surface area contributed by atoms with Gasteiger partial charge in [-0.2, -0.15) is 0 Å². The summed E-state index contributed by atoms with van der Waals surface area (Å²) in [6, 6.07) is 6.09. The van der Waals surface area contributed by atoms with Gasteiger partial charge >= 0.3 is 5.97 Å². The van der Waals surface area contributed by atoms with Crippen LogP contribution in [0.15, 0.2) is 40.4 Å². The predicted molar refractivity (Wildman–Crippen MR) is 102 cm³/mol. The van der Waals surface area contributed by atoms with E-state index in [9.17, 15) is 28.2 Å². The number of benzene rings is 1. The molecule has 7 nitrogen and oxygen atoms in total. The van der Waals surface area contributed by atoms with Gasteiger partial charge in [0.05, 0.1) is 28.7 Å². The first kappa shape index (κ1) is 20.5. The number of hydrogen-bond donors (Lipinski definition) is 2. The first-order valence-electron chi connectivity index (χ1n) is 9.14. The molecule has 3 rings (SSSR count). The molecule has 2 aliphatic heterocycles. The molecule has 0 unspecified atom stereocenters. The molecule has 0 aliphatic carbocycles. The molecule has 28 heavy (non-hydrogen) atoms. The number of sulfone groups is 1. The van der Waals surface area contributed by atoms with Gasteiger partial charge in [-0.15, -0.1) is 0 Å². The second kappa shape index (κ2) is 6.70. The zero-order chi connectivity index (χ0) is 21.0. The van der Waals surface area contributed by atoms with Gasteiger partial charge in [-0.25, -0.2) is 13.2 Å². The van der Waals surface area contributed by atoms with Gasteiger partial charge in [0, 0.05) is 0 Å². The standard InChI is InChI=1S/C20H25NO6S/c1-11(22)16-15-9-12(17(19(24)25)21(15)18(16)23)10-28(26,27)14-7-5-13(6-8-14)20(2,3)4/h5-8,11,15-16,22H,9-10H2,1-4H3,(H,24,25)/t11-,15+,16+/m1/s1. The molecule has 1 saturated heterocycles. The molecule has 0 spiro atoms. The van der Waals surface area contributed by atoms with E-state index >= 15 is 0 Å². The second-order valence-corrected chi connectivity index (χ2v) is 10.5. The van der Waals surface area contributed by atoms with Gasteiger partial charge in [0.15, 0.2) is 9.84 Å². The normalized spacial score (nSPS) is 23.5. The molecule has 8 heteroatoms. The van der Waals surface area contributed by atoms with E-state index in [-0.39, 0.29) is 28.0 Å². The van der Waals surface area contributed by atoms with Crippen molar-refractivity contribution >= 4 is 21.7 Å². The van der Waals surface area contributed by atoms with Crippen LogP contribution in [0.5, 0.6) is 0 Å². The summed E-state index contributed by atoms with van der Waals surface area (Å²) in [5.74, 6) is -2.95. The lowest BCUT2D eigenvalue weighted by atomic mass is 9.83. The van der Waals surface area contributed by atoms with Crippen LogP contribution < -0.4 is 0 Å². The van der Waals surface area contributed by atoms with Crippen LogP contribution in [0.4, 0.5) is 0 Å². The topological polar surface area (TPSA) is 112 Å². The zero-order valence-corrected chi connectivity index (χ0v) is 17.2. The van der Waals surface area contributed by atoms with Gasteiger partial charge < -0.3 is 15.1 Å². The highest BCUT2D eigenvalue weighted by molar-refractivity contribution is 7.91. The van der Waals surface area contributed by atoms with E-state index in [1.807, 2.05) is 20.8 Å². The number of carbonyl (C=O) groups excluding carboxylic acids is 1. The molecule has 2 aliphatic rings. The average Bonchev–Trinajstić information content (AvgIpc) is 2.87. The molecule has 0 aromatic heterocycles. The first-order chi connectivity index (χ1) is 12.8. The van der Waals surface area contributed by atoms with Crippen LogP contribution in [-0.4, -0.2) is 53.3 Å². The molecule has 0 radical (unpaired) electrons. The van der Waals surface area contributed by atoms with Gasteiger partial charge in [0.1, 0.15) is 5.70 Å². The van der Waals surface area contributed by atoms with E-state index < -0.39 is 45.5 Å². The Bertz CT molecular complexity index is 953. The smallest absolute Gasteiger partial charge is 0.352 e. The molecule has 0 bridgehead atoms. The molecule has 152 valence electrons. The third-order valence-corrected chi connectivity index (χ3v) is 7.19. The number of amides is 1. The Kier molecular flexibility index (Phi) is 4.92. The van der Waals surface area contributed by atoms with Gasteiger partial charge in [0.2, 0.25) is 5.91 Å². The number of aliphatic hydroxyl groups is 1. The van der Waals surface area contributed by atoms with Crippen LogP contribution in [0.1, 0.15) is 39.7 Å². The van der Waals surface area contributed by atoms with Crippen LogP contribution in [0, 0.1) is 5.92 Å². The number of hydrogen-bond acceptors (Lipinski definition) is 5. The average molecular weight is 407 g/mol. The number of aliphatic hydroxyl groups excluding tert-OH is 1. The van der Waals surface area contributed by atoms with E-state index in [0.29, 0.717) is 0 Å². The maximum Gasteiger partial charge on any atom is 0.352 e. The monoisotopic (exact) mass is 407 g/mol. The summed E-state index contributed by atoms with van der Waals surface area (Å²) in [5, 5.41) is 19.3. The Balaban J connectivity index is 1.90. The fourth-order valence-corrected chi connectivity index (χ4v) is 5.40. The van der Waals surface area contributed by atoms with Crippen LogP contribution in [-0.2, 0) is 24.8 Å². The van der Waals surface area contributed by atoms with Crippen LogP contribution >= 0.6 is 0 Å². The van der Waals surface area contributed by atoms with Crippen molar-refractivity contribution in [3.63, 3.8) is 0 Å². The van der Waals surface area contributed by atoms with Crippen molar-refractivity contribution in [1.82, 2.24) is 4.90 Å². The van der Waals surface area contributed by atoms with Crippen molar-refractivity contribution in [3.05, 3.63) is 41.1 Å². The summed E-state index contributed by atoms with van der Waals surface area (Å²) in [6.45, 7) is 7.56. The van der Waals surface area contributed by atoms with Crippen molar-refractivity contribution in [2.45, 2.75) is 56.6 Å². The Morgan fingerprint density at radius 3 is 2.29 bits per heavy atom. The molecular formula is C20H25NO6S. The molecule has 1 aromatic carbocycles. The molecule has 2 heterocycles. The molecule has 1 aromatic rings. The minimum atomic E-state index is -3.77. The summed E-state index contributed by atoms with van der Waals surface area (Å²) in [7, 11) is -3.77. The van der Waals surface area contributed by atoms with E-state index in [4.69, 9.17) is 0 Å². The summed E-state index contributed by atoms with van der Waals surface area (Å²) in [6.07, 6.45) is -0.771. The van der Waals surface area contributed by atoms with E-state index in [2.05, 4.69) is 0 Å². The molecule has 0 saturated carbocycles. The number of carboxylic acids is 1. The predicted octanol–water partition coefficient (Wildman–Crippen LogP) is 1.71. The number of rotatable bonds is 5. The third-order valence-electron chi connectivity index (χ3n) is 5.47. The maximum atomic E-state index is 12.9. The largest absolute Gasteiger partial charge is 0.477 e. The van der Waals surface area contributed by atoms with Crippen molar-refractivity contribution in [1.29, 1.82) is 0 Å². The number of β-lactam (4-membered cyclic amide) rings is 1. The van der Waals surface area contributed by atoms with Crippen molar-refractivity contribution in [2.24, 2.45) is 5.92 Å². The van der Waals surface area contributed by atoms with Gasteiger partial charge in [0.25, 0.3) is 0 Å². The summed E-state index contributed by atoms with van der Waals surface area (Å²) < 4.78 is 25.7. The lowest BCUT2D eigenvalue weighted by Gasteiger charge is -2.44. The van der Waals surface area contributed by atoms with Gasteiger partial charge in [-0.3, -0.25) is 4.79 Å². The molecule has 3 atom stereocenters. The van der Waals surface area contributed by atoms with Crippen molar-refractivity contribution in [2.75, 3.05) is 5.75 Å². The summed E-state index contributed by atoms with van der Waals surface area (Å²) >= 11 is 0. The molecule has 1 fully saturated rings. The summed E-state index contributed by atoms with van der Waals surface area (Å²) in [5.41, 5.74) is 0.818. The Morgan fingerprint density at radius 1 is 1.25 bits per heavy atom. The SMILES string of the molecule is C[C@@H](O)[C@@H]1C(=O)N2C(C(=O)O)=C(CS(=O)(=O)c3ccc(C(C)(C)C)cc3)C[C@@H]12. The molecular weight excluding hydrogens is 382 g/mol. The second-order valence-electron chi connectivity index (χ2n) is 8.54. The van der Waals surface area contributed by atoms with E-state index in [0.717, 1.165) is 10.5 Å². The van der Waals surface area contributed by atoms with Gasteiger partial charge in [-0.05, 0) is 42.0 Å². The van der Waals surface area contributed by atoms with Gasteiger partial charge in [-0.1, -0.05) is 32.9 Å². The van der Waals surface area contributed by atoms with Crippen molar-refractivity contribution in [3.8, 4) is 0 Å². The minimum absolute atomic E-state index is 0.115. The zero-order valence-electron chi connectivity index (χ0n) is 16.3. The first-order valence-corrected chi connectivity index (χ1v) is 10.8. The fourth-order valence-electron chi connectivity index (χ4n) is 3.97. The third kappa shape index (κ3) is 3.35. The number of carbonyl (C=O) groups is 2. The fraction of sp³-hybridized carbons (Fsp3) is 0.500.